The smallest absolute Gasteiger partial charge is 0.313 e. The summed E-state index contributed by atoms with van der Waals surface area (Å²) >= 11 is 5.15. The molecule has 0 aliphatic carbocycles. The maximum absolute atomic E-state index is 12.0. The highest BCUT2D eigenvalue weighted by Gasteiger charge is 2.16. The summed E-state index contributed by atoms with van der Waals surface area (Å²) in [5.74, 6) is 1.08. The van der Waals surface area contributed by atoms with E-state index in [1.807, 2.05) is 14.7 Å². The molecule has 4 amide bonds. The van der Waals surface area contributed by atoms with Crippen LogP contribution < -0.4 is 16.4 Å². The van der Waals surface area contributed by atoms with E-state index in [1.165, 1.54) is 92.9 Å². The van der Waals surface area contributed by atoms with Crippen molar-refractivity contribution >= 4 is 94.2 Å². The van der Waals surface area contributed by atoms with Gasteiger partial charge in [0.2, 0.25) is 23.6 Å². The van der Waals surface area contributed by atoms with Crippen molar-refractivity contribution in [3.63, 3.8) is 0 Å². The molecule has 16 nitrogen and oxygen atoms in total. The Morgan fingerprint density at radius 1 is 0.479 bits per heavy atom. The van der Waals surface area contributed by atoms with Crippen LogP contribution in [0.1, 0.15) is 165 Å². The summed E-state index contributed by atoms with van der Waals surface area (Å²) in [6.45, 7) is 24.4. The van der Waals surface area contributed by atoms with Gasteiger partial charge in [-0.1, -0.05) is 107 Å². The first-order chi connectivity index (χ1) is 34.1. The Labute approximate surface area is 448 Å². The van der Waals surface area contributed by atoms with Crippen LogP contribution in [0.5, 0.6) is 0 Å². The van der Waals surface area contributed by atoms with Crippen molar-refractivity contribution in [1.82, 2.24) is 25.3 Å². The van der Waals surface area contributed by atoms with E-state index in [9.17, 15) is 38.4 Å². The van der Waals surface area contributed by atoms with Crippen molar-refractivity contribution in [2.45, 2.75) is 165 Å². The Kier molecular flexibility index (Phi) is 67.3. The number of hydrogen-bond acceptors (Lipinski definition) is 14. The van der Waals surface area contributed by atoms with E-state index < -0.39 is 11.9 Å². The molecule has 420 valence electrons. The van der Waals surface area contributed by atoms with E-state index in [2.05, 4.69) is 71.8 Å². The molecule has 1 aliphatic rings. The molecule has 0 bridgehead atoms. The van der Waals surface area contributed by atoms with Gasteiger partial charge in [0, 0.05) is 46.3 Å². The zero-order valence-corrected chi connectivity index (χ0v) is 49.3. The molecule has 71 heavy (non-hydrogen) atoms. The number of carboxylic acid groups (broad SMARTS) is 2. The second-order valence-corrected chi connectivity index (χ2v) is 20.3. The monoisotopic (exact) mass is 1090 g/mol. The van der Waals surface area contributed by atoms with Crippen LogP contribution in [0.2, 0.25) is 0 Å². The zero-order valence-electron chi connectivity index (χ0n) is 46.0. The van der Waals surface area contributed by atoms with E-state index in [-0.39, 0.29) is 64.6 Å². The summed E-state index contributed by atoms with van der Waals surface area (Å²) in [6.07, 6.45) is 18.1. The molecule has 1 aliphatic heterocycles. The zero-order chi connectivity index (χ0) is 54.9. The summed E-state index contributed by atoms with van der Waals surface area (Å²) in [4.78, 5) is 94.0. The molecule has 0 aromatic carbocycles. The van der Waals surface area contributed by atoms with Crippen molar-refractivity contribution in [2.24, 2.45) is 5.73 Å². The van der Waals surface area contributed by atoms with Gasteiger partial charge in [0.05, 0.1) is 52.4 Å². The van der Waals surface area contributed by atoms with Crippen LogP contribution in [0.15, 0.2) is 0 Å². The van der Waals surface area contributed by atoms with Crippen LogP contribution in [0, 0.1) is 0 Å². The average Bonchev–Trinajstić information content (AvgIpc) is 3.35. The molecular formula is C51H102N6O10S4. The normalized spacial score (nSPS) is 11.3. The third-order valence-corrected chi connectivity index (χ3v) is 13.5. The van der Waals surface area contributed by atoms with E-state index >= 15 is 0 Å². The standard InChI is InChI=1S/C13H26N2O2S.2C12H23NO3S.C8H19N.C5H6O2S.CH5N/c1-4-6-8-15(9-7-5-2)13(17)11-18-10-12(16)14-3;2*1-3-5-7-13(8-6-4-2)11(14)9-17-10-12(15)16;1-3-5-7-9-8-6-4-2;6-4-1-5(7)3-8-2-4;1-2/h4-11H2,1-3H3,(H,14,16);2*3-10H2,1-2H3,(H,15,16);9H,3-8H2,1-2H3;1-3H2;2H2,1H3. The van der Waals surface area contributed by atoms with Gasteiger partial charge >= 0.3 is 11.9 Å². The summed E-state index contributed by atoms with van der Waals surface area (Å²) in [6, 6.07) is 0. The van der Waals surface area contributed by atoms with Crippen LogP contribution in [0.4, 0.5) is 0 Å². The lowest BCUT2D eigenvalue weighted by Crippen LogP contribution is -2.34. The summed E-state index contributed by atoms with van der Waals surface area (Å²) in [5, 5.41) is 22.9. The van der Waals surface area contributed by atoms with Crippen LogP contribution in [0.3, 0.4) is 0 Å². The van der Waals surface area contributed by atoms with Crippen LogP contribution in [-0.2, 0) is 38.4 Å². The van der Waals surface area contributed by atoms with Gasteiger partial charge in [0.1, 0.15) is 11.6 Å². The number of ketones is 2. The molecular weight excluding hydrogens is 985 g/mol. The lowest BCUT2D eigenvalue weighted by molar-refractivity contribution is -0.135. The fourth-order valence-electron chi connectivity index (χ4n) is 5.54. The maximum atomic E-state index is 12.0. The minimum atomic E-state index is -0.864. The molecule has 1 heterocycles. The Balaban J connectivity index is -0.000000260. The number of Topliss-reactive ketones (excluding diaryl/α,β-unsaturated/α-hetero) is 2. The number of aliphatic carboxylic acids is 2. The first-order valence-corrected chi connectivity index (χ1v) is 30.8. The Bertz CT molecular complexity index is 1230. The summed E-state index contributed by atoms with van der Waals surface area (Å²) in [5.41, 5.74) is 4.50. The number of carbonyl (C=O) groups is 8. The highest BCUT2D eigenvalue weighted by atomic mass is 32.2. The number of unbranched alkanes of at least 4 members (excludes halogenated alkanes) is 8. The molecule has 0 atom stereocenters. The van der Waals surface area contributed by atoms with Crippen molar-refractivity contribution in [1.29, 1.82) is 0 Å². The minimum Gasteiger partial charge on any atom is -0.481 e. The van der Waals surface area contributed by atoms with Gasteiger partial charge in [-0.05, 0) is 71.5 Å². The third kappa shape index (κ3) is 59.9. The van der Waals surface area contributed by atoms with Gasteiger partial charge in [-0.25, -0.2) is 0 Å². The van der Waals surface area contributed by atoms with E-state index in [4.69, 9.17) is 10.2 Å². The van der Waals surface area contributed by atoms with Gasteiger partial charge in [0.25, 0.3) is 0 Å². The van der Waals surface area contributed by atoms with Crippen LogP contribution in [0.25, 0.3) is 0 Å². The lowest BCUT2D eigenvalue weighted by atomic mass is 10.2. The molecule has 0 saturated carbocycles. The SMILES string of the molecule is CCCCN(CCCC)C(=O)CSCC(=O)NC.CCCCN(CCCC)C(=O)CSCC(=O)O.CCCCN(CCCC)C(=O)CSCC(=O)O.CCCCNCCCC.CN.O=C1CSCC(=O)C1. The highest BCUT2D eigenvalue weighted by Crippen LogP contribution is 2.10. The number of nitrogens with one attached hydrogen (secondary N) is 2. The number of rotatable bonds is 36. The van der Waals surface area contributed by atoms with Gasteiger partial charge < -0.3 is 41.3 Å². The molecule has 0 radical (unpaired) electrons. The molecule has 1 fully saturated rings. The second kappa shape index (κ2) is 61.8. The summed E-state index contributed by atoms with van der Waals surface area (Å²) in [7, 11) is 3.11. The van der Waals surface area contributed by atoms with E-state index in [1.54, 1.807) is 7.05 Å². The topological polar surface area (TPSA) is 237 Å². The quantitative estimate of drug-likeness (QED) is 0.0293. The Hall–Kier alpha value is -2.52. The van der Waals surface area contributed by atoms with Crippen molar-refractivity contribution in [3.8, 4) is 0 Å². The number of nitrogens with two attached hydrogens (primary N) is 1. The molecule has 1 rings (SSSR count). The Morgan fingerprint density at radius 3 is 0.958 bits per heavy atom. The largest absolute Gasteiger partial charge is 0.481 e. The molecule has 0 spiro atoms. The van der Waals surface area contributed by atoms with Gasteiger partial charge in [0.15, 0.2) is 0 Å². The van der Waals surface area contributed by atoms with Crippen molar-refractivity contribution in [3.05, 3.63) is 0 Å². The summed E-state index contributed by atoms with van der Waals surface area (Å²) < 4.78 is 0. The molecule has 1 saturated heterocycles. The van der Waals surface area contributed by atoms with Gasteiger partial charge in [-0.15, -0.1) is 47.0 Å². The predicted octanol–water partition coefficient (Wildman–Crippen LogP) is 8.37. The fourth-order valence-corrected chi connectivity index (χ4v) is 8.35. The van der Waals surface area contributed by atoms with E-state index in [0.717, 1.165) is 116 Å². The predicted molar refractivity (Wildman–Crippen MR) is 305 cm³/mol. The second-order valence-electron chi connectivity index (χ2n) is 16.4. The molecule has 0 aromatic rings. The minimum absolute atomic E-state index is 0.00113. The number of carboxylic acids is 2. The molecule has 6 N–H and O–H groups in total. The maximum Gasteiger partial charge on any atom is 0.313 e. The number of amides is 4. The van der Waals surface area contributed by atoms with Gasteiger partial charge in [-0.3, -0.25) is 38.4 Å². The first kappa shape index (κ1) is 77.4. The van der Waals surface area contributed by atoms with Gasteiger partial charge in [-0.2, -0.15) is 0 Å². The average molecular weight is 1090 g/mol. The first-order valence-electron chi connectivity index (χ1n) is 26.2. The van der Waals surface area contributed by atoms with Crippen LogP contribution in [-0.4, -0.2) is 185 Å². The number of thioether (sulfide) groups is 4. The Morgan fingerprint density at radius 2 is 0.746 bits per heavy atom. The van der Waals surface area contributed by atoms with Crippen molar-refractivity contribution < 1.29 is 48.6 Å². The highest BCUT2D eigenvalue weighted by molar-refractivity contribution is 8.01. The van der Waals surface area contributed by atoms with E-state index in [0.29, 0.717) is 23.0 Å². The fraction of sp³-hybridized carbons (Fsp3) is 0.843. The number of nitrogens with zero attached hydrogens (tertiary/aromatic N) is 3. The van der Waals surface area contributed by atoms with Crippen LogP contribution >= 0.6 is 47.0 Å². The van der Waals surface area contributed by atoms with Crippen molar-refractivity contribution in [2.75, 3.05) is 112 Å². The lowest BCUT2D eigenvalue weighted by Gasteiger charge is -2.22. The number of hydrogen-bond donors (Lipinski definition) is 5. The molecule has 20 heteroatoms. The molecule has 0 unspecified atom stereocenters. The molecule has 0 aromatic heterocycles. The third-order valence-electron chi connectivity index (χ3n) is 9.72. The number of carbonyl (C=O) groups excluding carboxylic acids is 6.